The number of pyridine rings is 1. The van der Waals surface area contributed by atoms with E-state index in [1.54, 1.807) is 12.3 Å². The zero-order valence-corrected chi connectivity index (χ0v) is 18.9. The van der Waals surface area contributed by atoms with Gasteiger partial charge in [0.2, 0.25) is 0 Å². The molecule has 1 aromatic heterocycles. The Morgan fingerprint density at radius 1 is 0.970 bits per heavy atom. The summed E-state index contributed by atoms with van der Waals surface area (Å²) in [5, 5.41) is 16.8. The lowest BCUT2D eigenvalue weighted by Crippen LogP contribution is -2.47. The minimum atomic E-state index is -0.637. The Bertz CT molecular complexity index is 1020. The van der Waals surface area contributed by atoms with Crippen molar-refractivity contribution in [3.05, 3.63) is 95.8 Å². The summed E-state index contributed by atoms with van der Waals surface area (Å²) in [6.45, 7) is 3.00. The van der Waals surface area contributed by atoms with Gasteiger partial charge in [0, 0.05) is 56.6 Å². The number of nitrogens with one attached hydrogen (secondary N) is 2. The van der Waals surface area contributed by atoms with Gasteiger partial charge in [0.15, 0.2) is 0 Å². The maximum absolute atomic E-state index is 12.3. The number of amides is 2. The maximum atomic E-state index is 12.3. The molecule has 1 saturated heterocycles. The molecular weight excluding hydrogens is 412 g/mol. The van der Waals surface area contributed by atoms with Crippen LogP contribution in [-0.4, -0.2) is 52.8 Å². The normalized spacial score (nSPS) is 15.7. The van der Waals surface area contributed by atoms with E-state index >= 15 is 0 Å². The monoisotopic (exact) mass is 444 g/mol. The quantitative estimate of drug-likeness (QED) is 0.493. The second-order valence-electron chi connectivity index (χ2n) is 8.81. The fraction of sp³-hybridized carbons (Fsp3) is 0.333. The topological polar surface area (TPSA) is 77.5 Å². The van der Waals surface area contributed by atoms with E-state index in [0.717, 1.165) is 50.3 Å². The highest BCUT2D eigenvalue weighted by molar-refractivity contribution is 5.89. The summed E-state index contributed by atoms with van der Waals surface area (Å²) in [6, 6.07) is 23.8. The van der Waals surface area contributed by atoms with E-state index in [2.05, 4.69) is 44.8 Å². The molecule has 1 fully saturated rings. The van der Waals surface area contributed by atoms with Crippen LogP contribution in [0.2, 0.25) is 0 Å². The molecule has 1 aliphatic rings. The van der Waals surface area contributed by atoms with Crippen LogP contribution in [0.15, 0.2) is 79.0 Å². The van der Waals surface area contributed by atoms with Crippen molar-refractivity contribution in [2.75, 3.05) is 31.5 Å². The average molecular weight is 445 g/mol. The van der Waals surface area contributed by atoms with Crippen molar-refractivity contribution in [3.8, 4) is 0 Å². The predicted octanol–water partition coefficient (Wildman–Crippen LogP) is 3.86. The largest absolute Gasteiger partial charge is 0.389 e. The Labute approximate surface area is 195 Å². The number of rotatable bonds is 8. The molecular formula is C27H32N4O2. The van der Waals surface area contributed by atoms with Gasteiger partial charge >= 0.3 is 6.03 Å². The molecule has 2 heterocycles. The second-order valence-corrected chi connectivity index (χ2v) is 8.81. The molecule has 3 aromatic rings. The van der Waals surface area contributed by atoms with Gasteiger partial charge in [-0.25, -0.2) is 4.79 Å². The van der Waals surface area contributed by atoms with Gasteiger partial charge in [-0.15, -0.1) is 0 Å². The molecule has 0 aliphatic carbocycles. The first-order valence-electron chi connectivity index (χ1n) is 11.6. The fourth-order valence-corrected chi connectivity index (χ4v) is 4.31. The predicted molar refractivity (Wildman–Crippen MR) is 131 cm³/mol. The Kier molecular flexibility index (Phi) is 7.70. The van der Waals surface area contributed by atoms with Crippen molar-refractivity contribution in [1.82, 2.24) is 15.2 Å². The number of hydrogen-bond acceptors (Lipinski definition) is 4. The minimum Gasteiger partial charge on any atom is -0.389 e. The first-order chi connectivity index (χ1) is 16.1. The van der Waals surface area contributed by atoms with Gasteiger partial charge in [-0.3, -0.25) is 4.98 Å². The molecule has 2 aromatic carbocycles. The van der Waals surface area contributed by atoms with Crippen molar-refractivity contribution in [2.45, 2.75) is 31.3 Å². The molecule has 0 atom stereocenters. The molecule has 0 unspecified atom stereocenters. The van der Waals surface area contributed by atoms with E-state index in [1.165, 1.54) is 11.1 Å². The molecule has 0 bridgehead atoms. The summed E-state index contributed by atoms with van der Waals surface area (Å²) in [6.07, 6.45) is 4.63. The van der Waals surface area contributed by atoms with E-state index in [-0.39, 0.29) is 6.03 Å². The van der Waals surface area contributed by atoms with E-state index in [4.69, 9.17) is 0 Å². The van der Waals surface area contributed by atoms with E-state index in [1.807, 2.05) is 42.5 Å². The number of likely N-dealkylation sites (tertiary alicyclic amines) is 1. The van der Waals surface area contributed by atoms with Gasteiger partial charge in [0.1, 0.15) is 0 Å². The summed E-state index contributed by atoms with van der Waals surface area (Å²) in [7, 11) is 0. The summed E-state index contributed by atoms with van der Waals surface area (Å²) in [5.74, 6) is 0. The third-order valence-corrected chi connectivity index (χ3v) is 6.18. The lowest BCUT2D eigenvalue weighted by Gasteiger charge is -2.38. The number of piperidine rings is 1. The summed E-state index contributed by atoms with van der Waals surface area (Å²) < 4.78 is 0. The third kappa shape index (κ3) is 7.14. The van der Waals surface area contributed by atoms with Gasteiger partial charge in [-0.2, -0.15) is 0 Å². The zero-order chi connectivity index (χ0) is 22.9. The second kappa shape index (κ2) is 11.1. The molecule has 0 spiro atoms. The van der Waals surface area contributed by atoms with Crippen LogP contribution in [0.3, 0.4) is 0 Å². The smallest absolute Gasteiger partial charge is 0.319 e. The Hall–Kier alpha value is -3.22. The number of nitrogens with zero attached hydrogens (tertiary/aromatic N) is 2. The number of carbonyl (C=O) groups is 1. The van der Waals surface area contributed by atoms with Crippen LogP contribution in [0.25, 0.3) is 0 Å². The summed E-state index contributed by atoms with van der Waals surface area (Å²) in [5.41, 5.74) is 3.37. The molecule has 1 aliphatic heterocycles. The molecule has 6 nitrogen and oxygen atoms in total. The van der Waals surface area contributed by atoms with E-state index in [9.17, 15) is 9.90 Å². The first kappa shape index (κ1) is 23.0. The summed E-state index contributed by atoms with van der Waals surface area (Å²) in [4.78, 5) is 19.0. The van der Waals surface area contributed by atoms with Crippen LogP contribution in [0.5, 0.6) is 0 Å². The average Bonchev–Trinajstić information content (AvgIpc) is 2.82. The first-order valence-corrected chi connectivity index (χ1v) is 11.6. The van der Waals surface area contributed by atoms with Gasteiger partial charge in [0.25, 0.3) is 0 Å². The molecule has 4 rings (SSSR count). The molecule has 0 saturated carbocycles. The highest BCUT2D eigenvalue weighted by Crippen LogP contribution is 2.26. The van der Waals surface area contributed by atoms with Crippen LogP contribution in [0, 0.1) is 0 Å². The lowest BCUT2D eigenvalue weighted by atomic mass is 9.85. The van der Waals surface area contributed by atoms with Crippen molar-refractivity contribution >= 4 is 11.7 Å². The zero-order valence-electron chi connectivity index (χ0n) is 18.9. The molecule has 6 heteroatoms. The molecule has 172 valence electrons. The molecule has 0 radical (unpaired) electrons. The molecule has 33 heavy (non-hydrogen) atoms. The Morgan fingerprint density at radius 3 is 2.33 bits per heavy atom. The van der Waals surface area contributed by atoms with Gasteiger partial charge in [0.05, 0.1) is 5.60 Å². The van der Waals surface area contributed by atoms with Crippen LogP contribution in [0.4, 0.5) is 10.5 Å². The highest BCUT2D eigenvalue weighted by Gasteiger charge is 2.32. The SMILES string of the molecule is O=C(NCCN1CCC(O)(Cc2ccccc2)CC1)Nc1ccnc(Cc2ccccc2)c1. The number of hydrogen-bond donors (Lipinski definition) is 3. The molecule has 3 N–H and O–H groups in total. The maximum Gasteiger partial charge on any atom is 0.319 e. The standard InChI is InChI=1S/C27H32N4O2/c32-26(30-24-11-14-28-25(20-24)19-22-7-3-1-4-8-22)29-15-18-31-16-12-27(33,13-17-31)21-23-9-5-2-6-10-23/h1-11,14,20,33H,12-13,15-19,21H2,(H2,28,29,30,32). The van der Waals surface area contributed by atoms with Gasteiger partial charge < -0.3 is 20.6 Å². The van der Waals surface area contributed by atoms with Crippen molar-refractivity contribution in [3.63, 3.8) is 0 Å². The Balaban J connectivity index is 1.17. The number of urea groups is 1. The van der Waals surface area contributed by atoms with E-state index in [0.29, 0.717) is 13.0 Å². The number of benzene rings is 2. The van der Waals surface area contributed by atoms with E-state index < -0.39 is 5.60 Å². The van der Waals surface area contributed by atoms with Crippen molar-refractivity contribution in [1.29, 1.82) is 0 Å². The van der Waals surface area contributed by atoms with Crippen LogP contribution < -0.4 is 10.6 Å². The van der Waals surface area contributed by atoms with Crippen molar-refractivity contribution in [2.24, 2.45) is 0 Å². The number of anilines is 1. The van der Waals surface area contributed by atoms with Crippen molar-refractivity contribution < 1.29 is 9.90 Å². The summed E-state index contributed by atoms with van der Waals surface area (Å²) >= 11 is 0. The lowest BCUT2D eigenvalue weighted by molar-refractivity contribution is -0.0201. The highest BCUT2D eigenvalue weighted by atomic mass is 16.3. The van der Waals surface area contributed by atoms with Crippen LogP contribution >= 0.6 is 0 Å². The van der Waals surface area contributed by atoms with Gasteiger partial charge in [-0.1, -0.05) is 60.7 Å². The van der Waals surface area contributed by atoms with Gasteiger partial charge in [-0.05, 0) is 36.1 Å². The van der Waals surface area contributed by atoms with Crippen LogP contribution in [0.1, 0.15) is 29.7 Å². The number of aromatic nitrogens is 1. The number of carbonyl (C=O) groups excluding carboxylic acids is 1. The van der Waals surface area contributed by atoms with Crippen LogP contribution in [-0.2, 0) is 12.8 Å². The Morgan fingerprint density at radius 2 is 1.64 bits per heavy atom. The minimum absolute atomic E-state index is 0.218. The number of aliphatic hydroxyl groups is 1. The fourth-order valence-electron chi connectivity index (χ4n) is 4.31. The third-order valence-electron chi connectivity index (χ3n) is 6.18. The molecule has 2 amide bonds.